The van der Waals surface area contributed by atoms with Crippen LogP contribution in [-0.2, 0) is 6.61 Å². The third kappa shape index (κ3) is 4.39. The summed E-state index contributed by atoms with van der Waals surface area (Å²) < 4.78 is 5.85. The second-order valence-corrected chi connectivity index (χ2v) is 5.20. The van der Waals surface area contributed by atoms with Crippen LogP contribution in [0.4, 0.5) is 5.82 Å². The number of anilines is 1. The lowest BCUT2D eigenvalue weighted by Gasteiger charge is -2.08. The summed E-state index contributed by atoms with van der Waals surface area (Å²) in [6.45, 7) is 2.47. The standard InChI is InChI=1S/C19H18N4O/c1-15(22-23-19-13-20-10-11-21-19)17-8-5-9-18(12-17)24-14-16-6-3-2-4-7-16/h2-13H,14H2,1H3,(H,21,23)/b22-15+. The van der Waals surface area contributed by atoms with Gasteiger partial charge in [-0.15, -0.1) is 0 Å². The molecule has 0 amide bonds. The molecule has 0 aliphatic rings. The van der Waals surface area contributed by atoms with Crippen molar-refractivity contribution >= 4 is 11.5 Å². The SMILES string of the molecule is C/C(=N\Nc1cnccn1)c1cccc(OCc2ccccc2)c1. The maximum absolute atomic E-state index is 5.85. The van der Waals surface area contributed by atoms with Crippen LogP contribution in [0.15, 0.2) is 78.3 Å². The first-order valence-electron chi connectivity index (χ1n) is 7.65. The molecule has 24 heavy (non-hydrogen) atoms. The van der Waals surface area contributed by atoms with Crippen LogP contribution in [0.3, 0.4) is 0 Å². The zero-order chi connectivity index (χ0) is 16.6. The molecule has 120 valence electrons. The van der Waals surface area contributed by atoms with Crippen molar-refractivity contribution in [3.05, 3.63) is 84.3 Å². The van der Waals surface area contributed by atoms with Gasteiger partial charge < -0.3 is 4.74 Å². The van der Waals surface area contributed by atoms with Gasteiger partial charge in [-0.1, -0.05) is 42.5 Å². The number of ether oxygens (including phenoxy) is 1. The van der Waals surface area contributed by atoms with Crippen molar-refractivity contribution in [3.8, 4) is 5.75 Å². The summed E-state index contributed by atoms with van der Waals surface area (Å²) in [7, 11) is 0. The van der Waals surface area contributed by atoms with E-state index in [9.17, 15) is 0 Å². The van der Waals surface area contributed by atoms with Crippen molar-refractivity contribution in [1.29, 1.82) is 0 Å². The number of hydrogen-bond acceptors (Lipinski definition) is 5. The minimum Gasteiger partial charge on any atom is -0.489 e. The Bertz CT molecular complexity index is 804. The summed E-state index contributed by atoms with van der Waals surface area (Å²) in [5, 5.41) is 4.33. The van der Waals surface area contributed by atoms with Crippen molar-refractivity contribution in [2.45, 2.75) is 13.5 Å². The lowest BCUT2D eigenvalue weighted by molar-refractivity contribution is 0.306. The van der Waals surface area contributed by atoms with E-state index in [1.807, 2.05) is 61.5 Å². The van der Waals surface area contributed by atoms with Crippen LogP contribution in [0.5, 0.6) is 5.75 Å². The second kappa shape index (κ2) is 7.87. The van der Waals surface area contributed by atoms with E-state index in [4.69, 9.17) is 4.74 Å². The summed E-state index contributed by atoms with van der Waals surface area (Å²) in [5.41, 5.74) is 5.85. The molecule has 0 aliphatic heterocycles. The van der Waals surface area contributed by atoms with Crippen molar-refractivity contribution in [1.82, 2.24) is 9.97 Å². The summed E-state index contributed by atoms with van der Waals surface area (Å²) in [6, 6.07) is 17.9. The molecule has 3 aromatic rings. The number of nitrogens with zero attached hydrogens (tertiary/aromatic N) is 3. The molecule has 0 unspecified atom stereocenters. The lowest BCUT2D eigenvalue weighted by Crippen LogP contribution is -2.02. The first kappa shape index (κ1) is 15.7. The number of hydrazone groups is 1. The van der Waals surface area contributed by atoms with E-state index in [0.29, 0.717) is 12.4 Å². The fourth-order valence-electron chi connectivity index (χ4n) is 2.11. The highest BCUT2D eigenvalue weighted by Gasteiger charge is 2.01. The average Bonchev–Trinajstić information content (AvgIpc) is 2.66. The van der Waals surface area contributed by atoms with Crippen molar-refractivity contribution in [3.63, 3.8) is 0 Å². The van der Waals surface area contributed by atoms with Gasteiger partial charge in [0.05, 0.1) is 11.9 Å². The summed E-state index contributed by atoms with van der Waals surface area (Å²) in [5.74, 6) is 1.42. The van der Waals surface area contributed by atoms with E-state index >= 15 is 0 Å². The van der Waals surface area contributed by atoms with E-state index in [1.165, 1.54) is 0 Å². The molecule has 5 nitrogen and oxygen atoms in total. The van der Waals surface area contributed by atoms with E-state index in [2.05, 4.69) is 20.5 Å². The Morgan fingerprint density at radius 3 is 2.75 bits per heavy atom. The topological polar surface area (TPSA) is 59.4 Å². The first-order chi connectivity index (χ1) is 11.8. The van der Waals surface area contributed by atoms with Gasteiger partial charge in [0, 0.05) is 18.0 Å². The fourth-order valence-corrected chi connectivity index (χ4v) is 2.11. The molecular weight excluding hydrogens is 300 g/mol. The maximum Gasteiger partial charge on any atom is 0.164 e. The Labute approximate surface area is 141 Å². The van der Waals surface area contributed by atoms with Crippen molar-refractivity contribution in [2.75, 3.05) is 5.43 Å². The zero-order valence-electron chi connectivity index (χ0n) is 13.4. The van der Waals surface area contributed by atoms with Crippen LogP contribution in [0, 0.1) is 0 Å². The lowest BCUT2D eigenvalue weighted by atomic mass is 10.1. The molecule has 0 fully saturated rings. The van der Waals surface area contributed by atoms with Crippen LogP contribution in [0.2, 0.25) is 0 Å². The minimum absolute atomic E-state index is 0.540. The van der Waals surface area contributed by atoms with Gasteiger partial charge in [0.2, 0.25) is 0 Å². The highest BCUT2D eigenvalue weighted by atomic mass is 16.5. The zero-order valence-corrected chi connectivity index (χ0v) is 13.4. The summed E-state index contributed by atoms with van der Waals surface area (Å²) in [4.78, 5) is 8.11. The average molecular weight is 318 g/mol. The van der Waals surface area contributed by atoms with Gasteiger partial charge in [0.15, 0.2) is 5.82 Å². The molecule has 0 radical (unpaired) electrons. The Balaban J connectivity index is 1.65. The van der Waals surface area contributed by atoms with Gasteiger partial charge in [-0.3, -0.25) is 10.4 Å². The van der Waals surface area contributed by atoms with Gasteiger partial charge in [0.1, 0.15) is 12.4 Å². The third-order valence-corrected chi connectivity index (χ3v) is 3.40. The molecule has 5 heteroatoms. The molecule has 1 N–H and O–H groups in total. The summed E-state index contributed by atoms with van der Waals surface area (Å²) >= 11 is 0. The molecule has 0 bridgehead atoms. The quantitative estimate of drug-likeness (QED) is 0.553. The highest BCUT2D eigenvalue weighted by molar-refractivity contribution is 5.99. The number of hydrogen-bond donors (Lipinski definition) is 1. The number of rotatable bonds is 6. The van der Waals surface area contributed by atoms with Gasteiger partial charge in [-0.05, 0) is 24.6 Å². The molecule has 0 aliphatic carbocycles. The van der Waals surface area contributed by atoms with Gasteiger partial charge in [-0.2, -0.15) is 5.10 Å². The molecule has 0 saturated carbocycles. The molecule has 0 saturated heterocycles. The van der Waals surface area contributed by atoms with E-state index in [0.717, 1.165) is 22.6 Å². The first-order valence-corrected chi connectivity index (χ1v) is 7.65. The Hall–Kier alpha value is -3.21. The molecule has 2 aromatic carbocycles. The molecule has 3 rings (SSSR count). The second-order valence-electron chi connectivity index (χ2n) is 5.20. The monoisotopic (exact) mass is 318 g/mol. The molecule has 1 heterocycles. The molecule has 0 atom stereocenters. The predicted octanol–water partition coefficient (Wildman–Crippen LogP) is 3.89. The number of aromatic nitrogens is 2. The molecule has 1 aromatic heterocycles. The van der Waals surface area contributed by atoms with Gasteiger partial charge >= 0.3 is 0 Å². The smallest absolute Gasteiger partial charge is 0.164 e. The Morgan fingerprint density at radius 1 is 1.08 bits per heavy atom. The number of nitrogens with one attached hydrogen (secondary N) is 1. The number of benzene rings is 2. The predicted molar refractivity (Wildman–Crippen MR) is 95.1 cm³/mol. The van der Waals surface area contributed by atoms with Crippen LogP contribution >= 0.6 is 0 Å². The van der Waals surface area contributed by atoms with Crippen molar-refractivity contribution in [2.24, 2.45) is 5.10 Å². The Morgan fingerprint density at radius 2 is 1.96 bits per heavy atom. The van der Waals surface area contributed by atoms with Crippen molar-refractivity contribution < 1.29 is 4.74 Å². The largest absolute Gasteiger partial charge is 0.489 e. The normalized spacial score (nSPS) is 11.1. The Kier molecular flexibility index (Phi) is 5.14. The molecular formula is C19H18N4O. The van der Waals surface area contributed by atoms with Crippen LogP contribution in [-0.4, -0.2) is 15.7 Å². The summed E-state index contributed by atoms with van der Waals surface area (Å²) in [6.07, 6.45) is 4.86. The third-order valence-electron chi connectivity index (χ3n) is 3.40. The van der Waals surface area contributed by atoms with Crippen LogP contribution in [0.1, 0.15) is 18.1 Å². The van der Waals surface area contributed by atoms with Gasteiger partial charge in [-0.25, -0.2) is 4.98 Å². The van der Waals surface area contributed by atoms with Gasteiger partial charge in [0.25, 0.3) is 0 Å². The van der Waals surface area contributed by atoms with Crippen LogP contribution in [0.25, 0.3) is 0 Å². The van der Waals surface area contributed by atoms with E-state index < -0.39 is 0 Å². The van der Waals surface area contributed by atoms with E-state index in [-0.39, 0.29) is 0 Å². The molecule has 0 spiro atoms. The van der Waals surface area contributed by atoms with Crippen LogP contribution < -0.4 is 10.2 Å². The highest BCUT2D eigenvalue weighted by Crippen LogP contribution is 2.16. The fraction of sp³-hybridized carbons (Fsp3) is 0.105. The van der Waals surface area contributed by atoms with E-state index in [1.54, 1.807) is 18.6 Å². The minimum atomic E-state index is 0.540. The maximum atomic E-state index is 5.85.